The molecule has 12 heteroatoms. The van der Waals surface area contributed by atoms with Gasteiger partial charge >= 0.3 is 15.6 Å². The van der Waals surface area contributed by atoms with Crippen LogP contribution in [0.2, 0.25) is 0 Å². The first-order chi connectivity index (χ1) is 16.7. The third-order valence-corrected chi connectivity index (χ3v) is 7.90. The molecule has 1 atom stereocenters. The van der Waals surface area contributed by atoms with Crippen LogP contribution in [0.4, 0.5) is 13.2 Å². The van der Waals surface area contributed by atoms with Crippen LogP contribution in [-0.4, -0.2) is 94.2 Å². The Labute approximate surface area is 205 Å². The Morgan fingerprint density at radius 3 is 1.89 bits per heavy atom. The molecule has 0 aromatic heterocycles. The van der Waals surface area contributed by atoms with Crippen LogP contribution in [0, 0.1) is 0 Å². The number of ether oxygens (including phenoxy) is 2. The molecule has 0 bridgehead atoms. The van der Waals surface area contributed by atoms with Gasteiger partial charge in [0.2, 0.25) is 0 Å². The van der Waals surface area contributed by atoms with Crippen molar-refractivity contribution in [3.8, 4) is 0 Å². The molecular weight excluding hydrogens is 489 g/mol. The molecule has 4 aliphatic rings. The highest BCUT2D eigenvalue weighted by atomic mass is 32.2. The third-order valence-electron chi connectivity index (χ3n) is 6.90. The molecule has 3 fully saturated rings. The maximum Gasteiger partial charge on any atom is 0.534 e. The zero-order chi connectivity index (χ0) is 25.3. The second kappa shape index (κ2) is 13.4. The first-order valence-corrected chi connectivity index (χ1v) is 13.9. The number of nitrogens with zero attached hydrogens (tertiary/aromatic N) is 2. The van der Waals surface area contributed by atoms with Gasteiger partial charge in [0.15, 0.2) is 0 Å². The zero-order valence-corrected chi connectivity index (χ0v) is 21.0. The van der Waals surface area contributed by atoms with Gasteiger partial charge in [0, 0.05) is 70.7 Å². The Bertz CT molecular complexity index is 795. The minimum atomic E-state index is -5.55. The summed E-state index contributed by atoms with van der Waals surface area (Å²) in [5.41, 5.74) is -5.38. The van der Waals surface area contributed by atoms with Crippen molar-refractivity contribution in [2.75, 3.05) is 52.6 Å². The molecule has 0 radical (unpaired) electrons. The highest BCUT2D eigenvalue weighted by Crippen LogP contribution is 2.31. The predicted octanol–water partition coefficient (Wildman–Crippen LogP) is 3.23. The summed E-state index contributed by atoms with van der Waals surface area (Å²) in [7, 11) is -5.55. The molecule has 0 N–H and O–H groups in total. The van der Waals surface area contributed by atoms with Crippen molar-refractivity contribution in [2.24, 2.45) is 0 Å². The van der Waals surface area contributed by atoms with Gasteiger partial charge in [0.1, 0.15) is 11.5 Å². The smallest absolute Gasteiger partial charge is 0.381 e. The van der Waals surface area contributed by atoms with Crippen LogP contribution >= 0.6 is 0 Å². The number of Topliss-reactive ketones (excluding diaryl/α,β-unsaturated/α-hetero) is 1. The first-order valence-electron chi connectivity index (χ1n) is 12.5. The van der Waals surface area contributed by atoms with E-state index in [4.69, 9.17) is 9.47 Å². The highest BCUT2D eigenvalue weighted by molar-refractivity contribution is 7.87. The summed E-state index contributed by atoms with van der Waals surface area (Å²) < 4.78 is 73.5. The van der Waals surface area contributed by atoms with Crippen LogP contribution in [0.1, 0.15) is 57.8 Å². The molecule has 0 spiro atoms. The number of hydrogen-bond acceptors (Lipinski definition) is 8. The van der Waals surface area contributed by atoms with Gasteiger partial charge in [0.05, 0.1) is 13.2 Å². The molecule has 0 aromatic rings. The van der Waals surface area contributed by atoms with Crippen LogP contribution in [0.15, 0.2) is 11.8 Å². The number of alkyl halides is 3. The summed E-state index contributed by atoms with van der Waals surface area (Å²) in [6, 6.07) is 0.849. The molecule has 202 valence electrons. The summed E-state index contributed by atoms with van der Waals surface area (Å²) in [4.78, 5) is 15.9. The SMILES string of the molecule is O=C1CCC(N2CCCOCC2)CC1.O=S(=O)(OC1=CCC(N2CCCOCC2)CC1)C(F)(F)F. The first kappa shape index (κ1) is 28.4. The summed E-state index contributed by atoms with van der Waals surface area (Å²) in [6.45, 7) is 7.01. The minimum absolute atomic E-state index is 0.116. The minimum Gasteiger partial charge on any atom is -0.381 e. The molecule has 35 heavy (non-hydrogen) atoms. The van der Waals surface area contributed by atoms with Gasteiger partial charge in [-0.25, -0.2) is 0 Å². The zero-order valence-electron chi connectivity index (χ0n) is 20.1. The standard InChI is InChI=1S/C12H18F3NO4S.C11H19NO2/c13-12(14,15)21(17,18)20-11-4-2-10(3-5-11)16-6-1-8-19-9-7-16;13-11-4-2-10(3-5-11)12-6-1-8-14-9-7-12/h4,10H,1-3,5-9H2;10H,1-9H2. The van der Waals surface area contributed by atoms with E-state index in [2.05, 4.69) is 14.0 Å². The molecule has 2 aliphatic heterocycles. The Morgan fingerprint density at radius 1 is 0.829 bits per heavy atom. The maximum absolute atomic E-state index is 12.2. The van der Waals surface area contributed by atoms with Crippen molar-refractivity contribution >= 4 is 15.9 Å². The topological polar surface area (TPSA) is 85.4 Å². The summed E-state index contributed by atoms with van der Waals surface area (Å²) in [5, 5.41) is 0. The monoisotopic (exact) mass is 526 g/mol. The average molecular weight is 527 g/mol. The predicted molar refractivity (Wildman–Crippen MR) is 123 cm³/mol. The molecule has 2 aliphatic carbocycles. The Hall–Kier alpha value is -1.21. The van der Waals surface area contributed by atoms with Gasteiger partial charge in [-0.15, -0.1) is 0 Å². The van der Waals surface area contributed by atoms with Crippen LogP contribution in [-0.2, 0) is 28.6 Å². The van der Waals surface area contributed by atoms with E-state index in [1.54, 1.807) is 0 Å². The van der Waals surface area contributed by atoms with Gasteiger partial charge in [-0.1, -0.05) is 0 Å². The lowest BCUT2D eigenvalue weighted by atomic mass is 9.93. The second-order valence-corrected chi connectivity index (χ2v) is 10.9. The Morgan fingerprint density at radius 2 is 1.37 bits per heavy atom. The van der Waals surface area contributed by atoms with E-state index in [-0.39, 0.29) is 18.2 Å². The van der Waals surface area contributed by atoms with E-state index in [0.29, 0.717) is 31.3 Å². The van der Waals surface area contributed by atoms with E-state index in [1.165, 1.54) is 6.08 Å². The van der Waals surface area contributed by atoms with E-state index in [1.807, 2.05) is 0 Å². The Balaban J connectivity index is 0.000000211. The second-order valence-electron chi connectivity index (χ2n) is 9.36. The van der Waals surface area contributed by atoms with Crippen molar-refractivity contribution in [3.63, 3.8) is 0 Å². The molecule has 1 saturated carbocycles. The molecule has 8 nitrogen and oxygen atoms in total. The van der Waals surface area contributed by atoms with Gasteiger partial charge in [-0.05, 0) is 44.6 Å². The quantitative estimate of drug-likeness (QED) is 0.408. The number of halogens is 3. The Kier molecular flexibility index (Phi) is 10.8. The van der Waals surface area contributed by atoms with Crippen molar-refractivity contribution < 1.29 is 40.0 Å². The average Bonchev–Trinajstić information content (AvgIpc) is 3.25. The lowest BCUT2D eigenvalue weighted by Crippen LogP contribution is -2.39. The highest BCUT2D eigenvalue weighted by Gasteiger charge is 2.49. The largest absolute Gasteiger partial charge is 0.534 e. The number of allylic oxidation sites excluding steroid dienone is 1. The molecule has 1 unspecified atom stereocenters. The van der Waals surface area contributed by atoms with Gasteiger partial charge in [0.25, 0.3) is 0 Å². The summed E-state index contributed by atoms with van der Waals surface area (Å²) in [6.07, 6.45) is 8.50. The lowest BCUT2D eigenvalue weighted by Gasteiger charge is -2.32. The fraction of sp³-hybridized carbons (Fsp3) is 0.870. The number of hydrogen-bond donors (Lipinski definition) is 0. The maximum atomic E-state index is 12.2. The molecule has 0 amide bonds. The van der Waals surface area contributed by atoms with E-state index in [0.717, 1.165) is 84.5 Å². The number of carbonyl (C=O) groups excluding carboxylic acids is 1. The van der Waals surface area contributed by atoms with Crippen molar-refractivity contribution in [1.82, 2.24) is 9.80 Å². The lowest BCUT2D eigenvalue weighted by molar-refractivity contribution is -0.121. The van der Waals surface area contributed by atoms with E-state index >= 15 is 0 Å². The van der Waals surface area contributed by atoms with Crippen molar-refractivity contribution in [1.29, 1.82) is 0 Å². The van der Waals surface area contributed by atoms with Crippen LogP contribution < -0.4 is 0 Å². The third kappa shape index (κ3) is 8.99. The van der Waals surface area contributed by atoms with Gasteiger partial charge in [-0.3, -0.25) is 14.6 Å². The van der Waals surface area contributed by atoms with Gasteiger partial charge < -0.3 is 13.7 Å². The molecule has 2 heterocycles. The van der Waals surface area contributed by atoms with Crippen LogP contribution in [0.5, 0.6) is 0 Å². The summed E-state index contributed by atoms with van der Waals surface area (Å²) in [5.74, 6) is 0.335. The van der Waals surface area contributed by atoms with Crippen LogP contribution in [0.25, 0.3) is 0 Å². The van der Waals surface area contributed by atoms with Crippen molar-refractivity contribution in [3.05, 3.63) is 11.8 Å². The fourth-order valence-corrected chi connectivity index (χ4v) is 5.47. The van der Waals surface area contributed by atoms with E-state index in [9.17, 15) is 26.4 Å². The van der Waals surface area contributed by atoms with Crippen LogP contribution in [0.3, 0.4) is 0 Å². The normalized spacial score (nSPS) is 26.7. The number of rotatable bonds is 4. The van der Waals surface area contributed by atoms with E-state index < -0.39 is 15.6 Å². The molecule has 0 aromatic carbocycles. The summed E-state index contributed by atoms with van der Waals surface area (Å²) >= 11 is 0. The van der Waals surface area contributed by atoms with Crippen molar-refractivity contribution in [2.45, 2.75) is 75.4 Å². The number of carbonyl (C=O) groups is 1. The molecule has 4 rings (SSSR count). The fourth-order valence-electron chi connectivity index (χ4n) is 4.94. The van der Waals surface area contributed by atoms with Gasteiger partial charge in [-0.2, -0.15) is 21.6 Å². The molecular formula is C23H37F3N2O6S. The molecule has 2 saturated heterocycles. The number of ketones is 1.